The lowest BCUT2D eigenvalue weighted by molar-refractivity contribution is -0.129. The van der Waals surface area contributed by atoms with Crippen molar-refractivity contribution in [2.45, 2.75) is 13.5 Å². The first-order valence-corrected chi connectivity index (χ1v) is 9.53. The Labute approximate surface area is 174 Å². The van der Waals surface area contributed by atoms with Crippen LogP contribution >= 0.6 is 11.6 Å². The zero-order chi connectivity index (χ0) is 20.2. The van der Waals surface area contributed by atoms with Crippen LogP contribution in [0.3, 0.4) is 0 Å². The Kier molecular flexibility index (Phi) is 5.45. The van der Waals surface area contributed by atoms with E-state index < -0.39 is 5.97 Å². The molecule has 0 radical (unpaired) electrons. The van der Waals surface area contributed by atoms with Gasteiger partial charge in [-0.25, -0.2) is 9.79 Å². The van der Waals surface area contributed by atoms with Gasteiger partial charge >= 0.3 is 5.97 Å². The fourth-order valence-electron chi connectivity index (χ4n) is 2.97. The van der Waals surface area contributed by atoms with Crippen molar-refractivity contribution < 1.29 is 14.3 Å². The van der Waals surface area contributed by atoms with Gasteiger partial charge in [0.1, 0.15) is 12.4 Å². The van der Waals surface area contributed by atoms with Crippen molar-refractivity contribution in [1.29, 1.82) is 0 Å². The fraction of sp³-hybridized carbons (Fsp3) is 0.0833. The Hall–Kier alpha value is -3.37. The van der Waals surface area contributed by atoms with Gasteiger partial charge in [-0.05, 0) is 48.4 Å². The molecule has 1 aliphatic heterocycles. The summed E-state index contributed by atoms with van der Waals surface area (Å²) in [6.07, 6.45) is 1.69. The van der Waals surface area contributed by atoms with Crippen molar-refractivity contribution in [3.8, 4) is 5.75 Å². The molecule has 144 valence electrons. The first-order chi connectivity index (χ1) is 14.1. The number of rotatable bonds is 5. The molecular weight excluding hydrogens is 386 g/mol. The second kappa shape index (κ2) is 8.33. The van der Waals surface area contributed by atoms with Crippen molar-refractivity contribution in [1.82, 2.24) is 0 Å². The number of aryl methyl sites for hydroxylation is 1. The van der Waals surface area contributed by atoms with Gasteiger partial charge in [-0.1, -0.05) is 60.1 Å². The van der Waals surface area contributed by atoms with Crippen LogP contribution in [-0.4, -0.2) is 11.9 Å². The van der Waals surface area contributed by atoms with Crippen LogP contribution in [0.25, 0.3) is 6.08 Å². The maximum atomic E-state index is 12.3. The predicted molar refractivity (Wildman–Crippen MR) is 114 cm³/mol. The third-order valence-electron chi connectivity index (χ3n) is 4.51. The molecular formula is C24H18ClNO3. The number of aliphatic imine (C=N–C) groups is 1. The maximum absolute atomic E-state index is 12.3. The minimum atomic E-state index is -0.467. The predicted octanol–water partition coefficient (Wildman–Crippen LogP) is 5.57. The molecule has 0 saturated heterocycles. The van der Waals surface area contributed by atoms with E-state index in [-0.39, 0.29) is 5.70 Å². The third-order valence-corrected chi connectivity index (χ3v) is 4.88. The van der Waals surface area contributed by atoms with Crippen LogP contribution in [0, 0.1) is 6.92 Å². The number of nitrogens with zero attached hydrogens (tertiary/aromatic N) is 1. The van der Waals surface area contributed by atoms with Crippen LogP contribution in [-0.2, 0) is 16.1 Å². The Balaban J connectivity index is 1.54. The molecule has 1 heterocycles. The number of hydrogen-bond acceptors (Lipinski definition) is 4. The second-order valence-electron chi connectivity index (χ2n) is 6.60. The molecule has 0 fully saturated rings. The minimum absolute atomic E-state index is 0.256. The summed E-state index contributed by atoms with van der Waals surface area (Å²) in [6, 6.07) is 22.6. The van der Waals surface area contributed by atoms with Gasteiger partial charge < -0.3 is 9.47 Å². The first kappa shape index (κ1) is 19.0. The van der Waals surface area contributed by atoms with E-state index in [9.17, 15) is 4.79 Å². The summed E-state index contributed by atoms with van der Waals surface area (Å²) in [5.41, 5.74) is 3.76. The van der Waals surface area contributed by atoms with Crippen molar-refractivity contribution in [2.75, 3.05) is 0 Å². The molecule has 1 aliphatic rings. The smallest absolute Gasteiger partial charge is 0.363 e. The highest BCUT2D eigenvalue weighted by Crippen LogP contribution is 2.23. The van der Waals surface area contributed by atoms with E-state index in [2.05, 4.69) is 4.99 Å². The van der Waals surface area contributed by atoms with Gasteiger partial charge in [-0.15, -0.1) is 0 Å². The number of carbonyl (C=O) groups excluding carboxylic acids is 1. The summed E-state index contributed by atoms with van der Waals surface area (Å²) in [5.74, 6) is 0.532. The largest absolute Gasteiger partial charge is 0.489 e. The standard InChI is InChI=1S/C24H18ClNO3/c1-16-7-2-4-11-20(16)23-26-22(24(27)29-23)14-17-8-6-10-19(13-17)28-15-18-9-3-5-12-21(18)25/h2-14H,15H2,1H3/b22-14+. The molecule has 0 bridgehead atoms. The number of hydrogen-bond donors (Lipinski definition) is 0. The van der Waals surface area contributed by atoms with Gasteiger partial charge in [0.05, 0.1) is 0 Å². The molecule has 0 aromatic heterocycles. The Morgan fingerprint density at radius 3 is 2.66 bits per heavy atom. The van der Waals surface area contributed by atoms with Gasteiger partial charge in [0.15, 0.2) is 5.70 Å². The van der Waals surface area contributed by atoms with Crippen molar-refractivity contribution in [2.24, 2.45) is 4.99 Å². The average molecular weight is 404 g/mol. The molecule has 0 atom stereocenters. The summed E-state index contributed by atoms with van der Waals surface area (Å²) in [6.45, 7) is 2.31. The van der Waals surface area contributed by atoms with Gasteiger partial charge in [0.2, 0.25) is 5.90 Å². The van der Waals surface area contributed by atoms with Crippen molar-refractivity contribution >= 4 is 29.5 Å². The number of benzene rings is 3. The van der Waals surface area contributed by atoms with Crippen molar-refractivity contribution in [3.05, 3.63) is 106 Å². The third kappa shape index (κ3) is 4.39. The zero-order valence-electron chi connectivity index (χ0n) is 15.8. The van der Waals surface area contributed by atoms with Gasteiger partial charge in [-0.2, -0.15) is 0 Å². The van der Waals surface area contributed by atoms with E-state index in [0.717, 1.165) is 22.3 Å². The normalized spacial score (nSPS) is 14.6. The van der Waals surface area contributed by atoms with Crippen molar-refractivity contribution in [3.63, 3.8) is 0 Å². The highest BCUT2D eigenvalue weighted by Gasteiger charge is 2.24. The van der Waals surface area contributed by atoms with E-state index >= 15 is 0 Å². The van der Waals surface area contributed by atoms with Crippen LogP contribution in [0.4, 0.5) is 0 Å². The number of ether oxygens (including phenoxy) is 2. The lowest BCUT2D eigenvalue weighted by Gasteiger charge is -2.08. The SMILES string of the molecule is Cc1ccccc1C1=N/C(=C/c2cccc(OCc3ccccc3Cl)c2)C(=O)O1. The molecule has 3 aromatic carbocycles. The number of esters is 1. The lowest BCUT2D eigenvalue weighted by Crippen LogP contribution is -2.06. The number of halogens is 1. The molecule has 4 nitrogen and oxygen atoms in total. The lowest BCUT2D eigenvalue weighted by atomic mass is 10.1. The summed E-state index contributed by atoms with van der Waals surface area (Å²) in [4.78, 5) is 16.6. The second-order valence-corrected chi connectivity index (χ2v) is 7.01. The zero-order valence-corrected chi connectivity index (χ0v) is 16.5. The summed E-state index contributed by atoms with van der Waals surface area (Å²) in [7, 11) is 0. The topological polar surface area (TPSA) is 47.9 Å². The molecule has 0 N–H and O–H groups in total. The van der Waals surface area contributed by atoms with E-state index in [4.69, 9.17) is 21.1 Å². The molecule has 29 heavy (non-hydrogen) atoms. The van der Waals surface area contributed by atoms with Crippen LogP contribution in [0.5, 0.6) is 5.75 Å². The fourth-order valence-corrected chi connectivity index (χ4v) is 3.16. The molecule has 4 rings (SSSR count). The van der Waals surface area contributed by atoms with E-state index in [0.29, 0.717) is 23.3 Å². The molecule has 0 aliphatic carbocycles. The summed E-state index contributed by atoms with van der Waals surface area (Å²) >= 11 is 6.17. The molecule has 0 amide bonds. The minimum Gasteiger partial charge on any atom is -0.489 e. The summed E-state index contributed by atoms with van der Waals surface area (Å²) in [5, 5.41) is 0.664. The molecule has 5 heteroatoms. The van der Waals surface area contributed by atoms with E-state index in [1.165, 1.54) is 0 Å². The Morgan fingerprint density at radius 2 is 1.83 bits per heavy atom. The van der Waals surface area contributed by atoms with Gasteiger partial charge in [-0.3, -0.25) is 0 Å². The highest BCUT2D eigenvalue weighted by atomic mass is 35.5. The average Bonchev–Trinajstić information content (AvgIpc) is 3.08. The monoisotopic (exact) mass is 403 g/mol. The highest BCUT2D eigenvalue weighted by molar-refractivity contribution is 6.31. The first-order valence-electron chi connectivity index (χ1n) is 9.15. The van der Waals surface area contributed by atoms with Crippen LogP contribution < -0.4 is 4.74 Å². The van der Waals surface area contributed by atoms with Gasteiger partial charge in [0, 0.05) is 16.1 Å². The van der Waals surface area contributed by atoms with Gasteiger partial charge in [0.25, 0.3) is 0 Å². The maximum Gasteiger partial charge on any atom is 0.363 e. The Bertz CT molecular complexity index is 1130. The van der Waals surface area contributed by atoms with Crippen LogP contribution in [0.1, 0.15) is 22.3 Å². The van der Waals surface area contributed by atoms with E-state index in [1.807, 2.05) is 79.7 Å². The van der Waals surface area contributed by atoms with Crippen LogP contribution in [0.15, 0.2) is 83.5 Å². The molecule has 0 saturated carbocycles. The Morgan fingerprint density at radius 1 is 1.03 bits per heavy atom. The number of carbonyl (C=O) groups is 1. The van der Waals surface area contributed by atoms with Crippen LogP contribution in [0.2, 0.25) is 5.02 Å². The quantitative estimate of drug-likeness (QED) is 0.413. The molecule has 0 unspecified atom stereocenters. The summed E-state index contributed by atoms with van der Waals surface area (Å²) < 4.78 is 11.2. The molecule has 3 aromatic rings. The van der Waals surface area contributed by atoms with E-state index in [1.54, 1.807) is 6.08 Å². The number of cyclic esters (lactones) is 1. The molecule has 0 spiro atoms.